The molecule has 1 saturated heterocycles. The van der Waals surface area contributed by atoms with Gasteiger partial charge in [0.15, 0.2) is 6.29 Å². The molecule has 2 unspecified atom stereocenters. The molecule has 2 aliphatic rings. The Kier molecular flexibility index (Phi) is 8.15. The third-order valence-electron chi connectivity index (χ3n) is 4.74. The van der Waals surface area contributed by atoms with Gasteiger partial charge in [-0.3, -0.25) is 9.59 Å². The molecular formula is C18H30O5Si. The number of carbonyl (C=O) groups excluding carboxylic acids is 2. The van der Waals surface area contributed by atoms with Crippen LogP contribution >= 0.6 is 0 Å². The summed E-state index contributed by atoms with van der Waals surface area (Å²) in [4.78, 5) is 23.3. The molecule has 0 aromatic heterocycles. The molecule has 0 bridgehead atoms. The first-order valence-corrected chi connectivity index (χ1v) is 11.0. The third-order valence-corrected chi connectivity index (χ3v) is 6.72. The first kappa shape index (κ1) is 19.3. The maximum Gasteiger partial charge on any atom is 0.317 e. The molecule has 1 aliphatic heterocycles. The van der Waals surface area contributed by atoms with Gasteiger partial charge in [-0.2, -0.15) is 0 Å². The maximum atomic E-state index is 11.7. The highest BCUT2D eigenvalue weighted by atomic mass is 28.2. The highest BCUT2D eigenvalue weighted by molar-refractivity contribution is 6.45. The van der Waals surface area contributed by atoms with Gasteiger partial charge in [-0.15, -0.1) is 0 Å². The van der Waals surface area contributed by atoms with Gasteiger partial charge in [-0.1, -0.05) is 38.0 Å². The van der Waals surface area contributed by atoms with Gasteiger partial charge in [0.2, 0.25) is 0 Å². The number of hydrogen-bond donors (Lipinski definition) is 0. The Labute approximate surface area is 146 Å². The molecular weight excluding hydrogens is 324 g/mol. The molecule has 0 amide bonds. The number of cyclic esters (lactones) is 2. The molecule has 136 valence electrons. The highest BCUT2D eigenvalue weighted by Gasteiger charge is 2.45. The second-order valence-electron chi connectivity index (χ2n) is 6.67. The summed E-state index contributed by atoms with van der Waals surface area (Å²) in [6.45, 7) is 5.78. The number of hydrogen-bond acceptors (Lipinski definition) is 5. The minimum absolute atomic E-state index is 0.120. The van der Waals surface area contributed by atoms with Crippen molar-refractivity contribution in [3.05, 3.63) is 11.3 Å². The number of unbranched alkanes of at least 4 members (excludes halogenated alkanes) is 2. The van der Waals surface area contributed by atoms with Crippen LogP contribution in [-0.4, -0.2) is 41.0 Å². The van der Waals surface area contributed by atoms with E-state index in [1.54, 1.807) is 0 Å². The van der Waals surface area contributed by atoms with Gasteiger partial charge >= 0.3 is 11.9 Å². The van der Waals surface area contributed by atoms with Crippen LogP contribution in [0.4, 0.5) is 0 Å². The zero-order valence-corrected chi connectivity index (χ0v) is 16.3. The Morgan fingerprint density at radius 2 is 1.75 bits per heavy atom. The molecule has 0 N–H and O–H groups in total. The summed E-state index contributed by atoms with van der Waals surface area (Å²) in [6, 6.07) is 0.930. The SMILES string of the molecule is CCCCOC(C[SiH2]C1=CCC2C(=O)OC(=O)C2C1)OCCCC. The van der Waals surface area contributed by atoms with E-state index in [2.05, 4.69) is 19.9 Å². The Bertz CT molecular complexity index is 452. The molecule has 24 heavy (non-hydrogen) atoms. The predicted molar refractivity (Wildman–Crippen MR) is 94.3 cm³/mol. The summed E-state index contributed by atoms with van der Waals surface area (Å²) in [5.74, 6) is -1.16. The van der Waals surface area contributed by atoms with Gasteiger partial charge in [0.25, 0.3) is 0 Å². The van der Waals surface area contributed by atoms with E-state index in [9.17, 15) is 9.59 Å². The molecule has 1 fully saturated rings. The molecule has 6 heteroatoms. The van der Waals surface area contributed by atoms with E-state index in [0.29, 0.717) is 12.8 Å². The van der Waals surface area contributed by atoms with Gasteiger partial charge in [-0.25, -0.2) is 0 Å². The van der Waals surface area contributed by atoms with E-state index >= 15 is 0 Å². The van der Waals surface area contributed by atoms with Crippen LogP contribution in [0.1, 0.15) is 52.4 Å². The molecule has 0 radical (unpaired) electrons. The fraction of sp³-hybridized carbons (Fsp3) is 0.778. The summed E-state index contributed by atoms with van der Waals surface area (Å²) in [6.07, 6.45) is 7.71. The Balaban J connectivity index is 1.80. The van der Waals surface area contributed by atoms with Crippen molar-refractivity contribution >= 4 is 21.5 Å². The standard InChI is InChI=1S/C18H30O5Si/c1-3-5-9-21-16(22-10-6-4-2)12-24-13-7-8-14-15(11-13)18(20)23-17(14)19/h7,14-16H,3-6,8-12,24H2,1-2H3. The summed E-state index contributed by atoms with van der Waals surface area (Å²) in [5.41, 5.74) is 0. The monoisotopic (exact) mass is 354 g/mol. The Morgan fingerprint density at radius 3 is 2.38 bits per heavy atom. The quantitative estimate of drug-likeness (QED) is 0.188. The highest BCUT2D eigenvalue weighted by Crippen LogP contribution is 2.36. The lowest BCUT2D eigenvalue weighted by molar-refractivity contribution is -0.153. The lowest BCUT2D eigenvalue weighted by Crippen LogP contribution is -2.25. The minimum Gasteiger partial charge on any atom is -0.393 e. The number of rotatable bonds is 11. The van der Waals surface area contributed by atoms with E-state index in [0.717, 1.165) is 44.9 Å². The Morgan fingerprint density at radius 1 is 1.12 bits per heavy atom. The zero-order valence-electron chi connectivity index (χ0n) is 14.9. The van der Waals surface area contributed by atoms with Crippen molar-refractivity contribution < 1.29 is 23.8 Å². The molecule has 0 aromatic rings. The largest absolute Gasteiger partial charge is 0.393 e. The fourth-order valence-corrected chi connectivity index (χ4v) is 4.99. The zero-order chi connectivity index (χ0) is 17.4. The van der Waals surface area contributed by atoms with E-state index in [1.165, 1.54) is 5.20 Å². The predicted octanol–water partition coefficient (Wildman–Crippen LogP) is 2.53. The van der Waals surface area contributed by atoms with E-state index < -0.39 is 9.52 Å². The van der Waals surface area contributed by atoms with Crippen LogP contribution in [0.5, 0.6) is 0 Å². The van der Waals surface area contributed by atoms with Crippen LogP contribution in [0.2, 0.25) is 6.04 Å². The normalized spacial score (nSPS) is 23.9. The third kappa shape index (κ3) is 5.53. The van der Waals surface area contributed by atoms with Crippen molar-refractivity contribution in [3.8, 4) is 0 Å². The van der Waals surface area contributed by atoms with E-state index in [4.69, 9.17) is 14.2 Å². The lowest BCUT2D eigenvalue weighted by Gasteiger charge is -2.23. The summed E-state index contributed by atoms with van der Waals surface area (Å²) >= 11 is 0. The average Bonchev–Trinajstić information content (AvgIpc) is 2.86. The van der Waals surface area contributed by atoms with Crippen molar-refractivity contribution in [2.45, 2.75) is 64.7 Å². The molecule has 0 aromatic carbocycles. The summed E-state index contributed by atoms with van der Waals surface area (Å²) < 4.78 is 16.5. The van der Waals surface area contributed by atoms with Gasteiger partial charge in [0, 0.05) is 13.2 Å². The second kappa shape index (κ2) is 10.1. The molecule has 0 spiro atoms. The molecule has 1 heterocycles. The maximum absolute atomic E-state index is 11.7. The van der Waals surface area contributed by atoms with Crippen LogP contribution in [0, 0.1) is 11.8 Å². The molecule has 0 saturated carbocycles. The Hall–Kier alpha value is -0.983. The first-order chi connectivity index (χ1) is 11.7. The van der Waals surface area contributed by atoms with Crippen LogP contribution in [0.25, 0.3) is 0 Å². The van der Waals surface area contributed by atoms with Gasteiger partial charge < -0.3 is 14.2 Å². The van der Waals surface area contributed by atoms with Crippen LogP contribution in [0.15, 0.2) is 11.3 Å². The number of allylic oxidation sites excluding steroid dienone is 2. The van der Waals surface area contributed by atoms with Crippen LogP contribution in [-0.2, 0) is 23.8 Å². The van der Waals surface area contributed by atoms with E-state index in [-0.39, 0.29) is 30.1 Å². The molecule has 1 aliphatic carbocycles. The molecule has 2 rings (SSSR count). The minimum atomic E-state index is -0.534. The van der Waals surface area contributed by atoms with Gasteiger partial charge in [0.1, 0.15) is 0 Å². The number of esters is 2. The number of carbonyl (C=O) groups is 2. The van der Waals surface area contributed by atoms with Crippen molar-refractivity contribution in [1.29, 1.82) is 0 Å². The van der Waals surface area contributed by atoms with Gasteiger partial charge in [0.05, 0.1) is 21.4 Å². The van der Waals surface area contributed by atoms with Crippen LogP contribution in [0.3, 0.4) is 0 Å². The van der Waals surface area contributed by atoms with Crippen molar-refractivity contribution in [2.24, 2.45) is 11.8 Å². The van der Waals surface area contributed by atoms with E-state index in [1.807, 2.05) is 0 Å². The lowest BCUT2D eigenvalue weighted by atomic mass is 9.85. The van der Waals surface area contributed by atoms with Gasteiger partial charge in [-0.05, 0) is 31.7 Å². The van der Waals surface area contributed by atoms with Crippen LogP contribution < -0.4 is 0 Å². The summed E-state index contributed by atoms with van der Waals surface area (Å²) in [7, 11) is -0.534. The molecule has 2 atom stereocenters. The number of ether oxygens (including phenoxy) is 3. The smallest absolute Gasteiger partial charge is 0.317 e. The fourth-order valence-electron chi connectivity index (χ4n) is 3.16. The second-order valence-corrected chi connectivity index (χ2v) is 8.66. The van der Waals surface area contributed by atoms with Crippen molar-refractivity contribution in [2.75, 3.05) is 13.2 Å². The summed E-state index contributed by atoms with van der Waals surface area (Å²) in [5, 5.41) is 1.35. The first-order valence-electron chi connectivity index (χ1n) is 9.32. The van der Waals surface area contributed by atoms with Crippen molar-refractivity contribution in [3.63, 3.8) is 0 Å². The topological polar surface area (TPSA) is 61.8 Å². The number of fused-ring (bicyclic) bond motifs is 1. The average molecular weight is 355 g/mol. The van der Waals surface area contributed by atoms with Crippen molar-refractivity contribution in [1.82, 2.24) is 0 Å². The molecule has 5 nitrogen and oxygen atoms in total.